The minimum atomic E-state index is -0.268. The molecule has 68 valence electrons. The molecule has 0 aliphatic carbocycles. The predicted octanol–water partition coefficient (Wildman–Crippen LogP) is 2.30. The molecule has 0 saturated carbocycles. The van der Waals surface area contributed by atoms with Crippen LogP contribution in [-0.4, -0.2) is 12.4 Å². The van der Waals surface area contributed by atoms with Crippen LogP contribution < -0.4 is 0 Å². The van der Waals surface area contributed by atoms with Crippen LogP contribution in [0.5, 0.6) is 0 Å². The van der Waals surface area contributed by atoms with Crippen molar-refractivity contribution in [3.05, 3.63) is 11.8 Å². The average molecular weight is 168 g/mol. The van der Waals surface area contributed by atoms with Crippen molar-refractivity contribution in [3.63, 3.8) is 0 Å². The highest BCUT2D eigenvalue weighted by molar-refractivity contribution is 5.97. The first-order valence-corrected chi connectivity index (χ1v) is 4.45. The predicted molar refractivity (Wildman–Crippen MR) is 47.7 cm³/mol. The van der Waals surface area contributed by atoms with Crippen molar-refractivity contribution in [2.75, 3.05) is 6.61 Å². The van der Waals surface area contributed by atoms with Gasteiger partial charge in [-0.2, -0.15) is 0 Å². The Morgan fingerprint density at radius 3 is 2.75 bits per heavy atom. The molecule has 0 saturated heterocycles. The number of hydrogen-bond acceptors (Lipinski definition) is 2. The Kier molecular flexibility index (Phi) is 2.55. The average Bonchev–Trinajstić information content (AvgIpc) is 2.55. The van der Waals surface area contributed by atoms with E-state index in [4.69, 9.17) is 4.74 Å². The topological polar surface area (TPSA) is 26.3 Å². The maximum atomic E-state index is 11.7. The summed E-state index contributed by atoms with van der Waals surface area (Å²) in [6.07, 6.45) is 3.62. The van der Waals surface area contributed by atoms with Crippen LogP contribution in [0.2, 0.25) is 0 Å². The van der Waals surface area contributed by atoms with Crippen LogP contribution in [0.15, 0.2) is 11.8 Å². The zero-order valence-electron chi connectivity index (χ0n) is 8.02. The highest BCUT2D eigenvalue weighted by Crippen LogP contribution is 2.27. The first-order valence-electron chi connectivity index (χ1n) is 4.45. The highest BCUT2D eigenvalue weighted by Gasteiger charge is 2.30. The Bertz CT molecular complexity index is 214. The molecular weight excluding hydrogens is 152 g/mol. The van der Waals surface area contributed by atoms with Crippen molar-refractivity contribution in [2.24, 2.45) is 5.41 Å². The number of carbonyl (C=O) groups is 1. The first-order chi connectivity index (χ1) is 5.58. The molecule has 2 heteroatoms. The van der Waals surface area contributed by atoms with E-state index in [1.165, 1.54) is 0 Å². The Labute approximate surface area is 73.6 Å². The number of ether oxygens (including phenoxy) is 1. The maximum Gasteiger partial charge on any atom is 0.202 e. The Morgan fingerprint density at radius 1 is 1.67 bits per heavy atom. The molecule has 0 aromatic carbocycles. The monoisotopic (exact) mass is 168 g/mol. The van der Waals surface area contributed by atoms with Crippen LogP contribution in [0.25, 0.3) is 0 Å². The van der Waals surface area contributed by atoms with Gasteiger partial charge in [-0.1, -0.05) is 20.8 Å². The zero-order chi connectivity index (χ0) is 9.19. The van der Waals surface area contributed by atoms with Crippen molar-refractivity contribution >= 4 is 5.78 Å². The van der Waals surface area contributed by atoms with Crippen LogP contribution in [-0.2, 0) is 9.53 Å². The van der Waals surface area contributed by atoms with Crippen LogP contribution in [0.1, 0.15) is 33.6 Å². The van der Waals surface area contributed by atoms with Gasteiger partial charge in [0.25, 0.3) is 0 Å². The molecule has 0 aromatic rings. The van der Waals surface area contributed by atoms with Gasteiger partial charge in [0.15, 0.2) is 5.76 Å². The lowest BCUT2D eigenvalue weighted by atomic mass is 9.84. The Balaban J connectivity index is 2.70. The summed E-state index contributed by atoms with van der Waals surface area (Å²) >= 11 is 0. The van der Waals surface area contributed by atoms with E-state index < -0.39 is 0 Å². The summed E-state index contributed by atoms with van der Waals surface area (Å²) in [7, 11) is 0. The van der Waals surface area contributed by atoms with E-state index in [0.717, 1.165) is 12.8 Å². The van der Waals surface area contributed by atoms with Crippen molar-refractivity contribution in [1.29, 1.82) is 0 Å². The van der Waals surface area contributed by atoms with Crippen LogP contribution in [0, 0.1) is 5.41 Å². The van der Waals surface area contributed by atoms with E-state index >= 15 is 0 Å². The largest absolute Gasteiger partial charge is 0.490 e. The van der Waals surface area contributed by atoms with Crippen LogP contribution in [0.3, 0.4) is 0 Å². The fourth-order valence-corrected chi connectivity index (χ4v) is 1.07. The van der Waals surface area contributed by atoms with Crippen molar-refractivity contribution in [3.8, 4) is 0 Å². The number of allylic oxidation sites excluding steroid dienone is 1. The third-order valence-corrected chi connectivity index (χ3v) is 2.43. The van der Waals surface area contributed by atoms with Crippen molar-refractivity contribution in [2.45, 2.75) is 33.6 Å². The Morgan fingerprint density at radius 2 is 2.33 bits per heavy atom. The molecule has 0 amide bonds. The normalized spacial score (nSPS) is 17.1. The van der Waals surface area contributed by atoms with E-state index in [1.54, 1.807) is 0 Å². The highest BCUT2D eigenvalue weighted by atomic mass is 16.5. The van der Waals surface area contributed by atoms with Gasteiger partial charge in [-0.3, -0.25) is 4.79 Å². The van der Waals surface area contributed by atoms with Gasteiger partial charge in [-0.05, 0) is 12.5 Å². The number of rotatable bonds is 3. The molecule has 0 N–H and O–H groups in total. The molecular formula is C10H16O2. The molecule has 0 unspecified atom stereocenters. The van der Waals surface area contributed by atoms with E-state index in [1.807, 2.05) is 26.8 Å². The number of Topliss-reactive ketones (excluding diaryl/α,β-unsaturated/α-hetero) is 1. The second-order valence-corrected chi connectivity index (χ2v) is 3.77. The van der Waals surface area contributed by atoms with Gasteiger partial charge in [0, 0.05) is 11.8 Å². The summed E-state index contributed by atoms with van der Waals surface area (Å²) in [4.78, 5) is 11.7. The zero-order valence-corrected chi connectivity index (χ0v) is 8.02. The standard InChI is InChI=1S/C10H16O2/c1-4-10(2,3)9(11)8-6-5-7-12-8/h6H,4-5,7H2,1-3H3. The smallest absolute Gasteiger partial charge is 0.202 e. The lowest BCUT2D eigenvalue weighted by Crippen LogP contribution is -2.25. The molecule has 12 heavy (non-hydrogen) atoms. The van der Waals surface area contributed by atoms with E-state index in [0.29, 0.717) is 12.4 Å². The van der Waals surface area contributed by atoms with Crippen molar-refractivity contribution in [1.82, 2.24) is 0 Å². The summed E-state index contributed by atoms with van der Waals surface area (Å²) in [6, 6.07) is 0. The molecule has 1 aliphatic heterocycles. The van der Waals surface area contributed by atoms with Gasteiger partial charge in [-0.25, -0.2) is 0 Å². The van der Waals surface area contributed by atoms with E-state index in [-0.39, 0.29) is 11.2 Å². The van der Waals surface area contributed by atoms with E-state index in [9.17, 15) is 4.79 Å². The molecule has 1 aliphatic rings. The molecule has 1 rings (SSSR count). The molecule has 0 aromatic heterocycles. The lowest BCUT2D eigenvalue weighted by molar-refractivity contribution is -0.126. The molecule has 0 radical (unpaired) electrons. The third kappa shape index (κ3) is 1.68. The van der Waals surface area contributed by atoms with Crippen LogP contribution in [0.4, 0.5) is 0 Å². The number of ketones is 1. The summed E-state index contributed by atoms with van der Waals surface area (Å²) < 4.78 is 5.21. The third-order valence-electron chi connectivity index (χ3n) is 2.43. The van der Waals surface area contributed by atoms with Gasteiger partial charge >= 0.3 is 0 Å². The number of hydrogen-bond donors (Lipinski definition) is 0. The fourth-order valence-electron chi connectivity index (χ4n) is 1.07. The minimum Gasteiger partial charge on any atom is -0.490 e. The summed E-state index contributed by atoms with van der Waals surface area (Å²) in [5.41, 5.74) is -0.268. The van der Waals surface area contributed by atoms with Gasteiger partial charge in [-0.15, -0.1) is 0 Å². The van der Waals surface area contributed by atoms with Gasteiger partial charge in [0.2, 0.25) is 5.78 Å². The van der Waals surface area contributed by atoms with Gasteiger partial charge in [0.05, 0.1) is 6.61 Å². The molecule has 1 heterocycles. The molecule has 0 fully saturated rings. The molecule has 0 bridgehead atoms. The maximum absolute atomic E-state index is 11.7. The van der Waals surface area contributed by atoms with Gasteiger partial charge in [0.1, 0.15) is 0 Å². The summed E-state index contributed by atoms with van der Waals surface area (Å²) in [6.45, 7) is 6.60. The fraction of sp³-hybridized carbons (Fsp3) is 0.700. The second kappa shape index (κ2) is 3.30. The second-order valence-electron chi connectivity index (χ2n) is 3.77. The summed E-state index contributed by atoms with van der Waals surface area (Å²) in [5, 5.41) is 0. The van der Waals surface area contributed by atoms with Crippen LogP contribution >= 0.6 is 0 Å². The Hall–Kier alpha value is -0.790. The molecule has 0 spiro atoms. The summed E-state index contributed by atoms with van der Waals surface area (Å²) in [5.74, 6) is 0.712. The van der Waals surface area contributed by atoms with Crippen molar-refractivity contribution < 1.29 is 9.53 Å². The first kappa shape index (κ1) is 9.30. The number of carbonyl (C=O) groups excluding carboxylic acids is 1. The van der Waals surface area contributed by atoms with Gasteiger partial charge < -0.3 is 4.74 Å². The SMILES string of the molecule is CCC(C)(C)C(=O)C1=CCCO1. The van der Waals surface area contributed by atoms with E-state index in [2.05, 4.69) is 0 Å². The molecule has 0 atom stereocenters. The quantitative estimate of drug-likeness (QED) is 0.646. The minimum absolute atomic E-state index is 0.141. The molecule has 2 nitrogen and oxygen atoms in total. The lowest BCUT2D eigenvalue weighted by Gasteiger charge is -2.20.